The molecule has 0 aromatic heterocycles. The van der Waals surface area contributed by atoms with Crippen molar-refractivity contribution in [2.24, 2.45) is 4.40 Å². The van der Waals surface area contributed by atoms with E-state index in [-0.39, 0.29) is 9.79 Å². The van der Waals surface area contributed by atoms with Crippen molar-refractivity contribution in [1.82, 2.24) is 0 Å². The van der Waals surface area contributed by atoms with Gasteiger partial charge >= 0.3 is 0 Å². The predicted molar refractivity (Wildman–Crippen MR) is 84.2 cm³/mol. The van der Waals surface area contributed by atoms with Crippen molar-refractivity contribution in [3.63, 3.8) is 0 Å². The fraction of sp³-hybridized carbons (Fsp3) is 0.923. The maximum absolute atomic E-state index is 11.7. The van der Waals surface area contributed by atoms with Crippen LogP contribution in [0.4, 0.5) is 0 Å². The standard InChI is InChI=1S/C13H29NO2SSi/c1-12(2,3)17(15)14-10-9-11-16-18(7,8)13(4,5)6/h10H,9,11H2,1-8H3/t17-/m0/s1. The normalized spacial score (nSPS) is 16.3. The van der Waals surface area contributed by atoms with Gasteiger partial charge in [0.1, 0.15) is 16.1 Å². The average molecular weight is 292 g/mol. The highest BCUT2D eigenvalue weighted by Gasteiger charge is 2.36. The molecular formula is C13H29NO2SSi. The molecular weight excluding hydrogens is 262 g/mol. The summed E-state index contributed by atoms with van der Waals surface area (Å²) in [6.07, 6.45) is 2.46. The molecule has 0 heterocycles. The van der Waals surface area contributed by atoms with Gasteiger partial charge in [-0.25, -0.2) is 0 Å². The van der Waals surface area contributed by atoms with Crippen LogP contribution in [0.5, 0.6) is 0 Å². The van der Waals surface area contributed by atoms with Gasteiger partial charge in [-0.2, -0.15) is 0 Å². The minimum Gasteiger partial charge on any atom is -0.591 e. The van der Waals surface area contributed by atoms with Crippen molar-refractivity contribution >= 4 is 25.9 Å². The molecule has 0 radical (unpaired) electrons. The van der Waals surface area contributed by atoms with Gasteiger partial charge in [0.2, 0.25) is 0 Å². The molecule has 0 aliphatic carbocycles. The van der Waals surface area contributed by atoms with Crippen molar-refractivity contribution in [3.05, 3.63) is 0 Å². The fourth-order valence-corrected chi connectivity index (χ4v) is 2.48. The van der Waals surface area contributed by atoms with E-state index in [1.165, 1.54) is 0 Å². The first-order valence-electron chi connectivity index (χ1n) is 6.46. The van der Waals surface area contributed by atoms with Crippen LogP contribution in [0.2, 0.25) is 18.1 Å². The van der Waals surface area contributed by atoms with Crippen molar-refractivity contribution < 1.29 is 8.98 Å². The zero-order chi connectivity index (χ0) is 14.6. The Morgan fingerprint density at radius 2 is 1.67 bits per heavy atom. The maximum Gasteiger partial charge on any atom is 0.191 e. The Kier molecular flexibility index (Phi) is 6.60. The molecule has 1 atom stereocenters. The van der Waals surface area contributed by atoms with Crippen LogP contribution < -0.4 is 0 Å². The fourth-order valence-electron chi connectivity index (χ4n) is 0.862. The quantitative estimate of drug-likeness (QED) is 0.333. The summed E-state index contributed by atoms with van der Waals surface area (Å²) in [6, 6.07) is 0. The van der Waals surface area contributed by atoms with Gasteiger partial charge in [-0.05, 0) is 38.9 Å². The lowest BCUT2D eigenvalue weighted by Crippen LogP contribution is -2.41. The van der Waals surface area contributed by atoms with Crippen LogP contribution in [0.15, 0.2) is 4.40 Å². The summed E-state index contributed by atoms with van der Waals surface area (Å²) in [5, 5.41) is 0.234. The number of hydrogen-bond donors (Lipinski definition) is 0. The van der Waals surface area contributed by atoms with Crippen LogP contribution in [0.1, 0.15) is 48.0 Å². The van der Waals surface area contributed by atoms with Crippen molar-refractivity contribution in [2.45, 2.75) is 70.8 Å². The van der Waals surface area contributed by atoms with Crippen molar-refractivity contribution in [1.29, 1.82) is 0 Å². The van der Waals surface area contributed by atoms with Gasteiger partial charge < -0.3 is 8.98 Å². The topological polar surface area (TPSA) is 44.7 Å². The molecule has 0 saturated carbocycles. The van der Waals surface area contributed by atoms with E-state index >= 15 is 0 Å². The Balaban J connectivity index is 4.06. The zero-order valence-electron chi connectivity index (χ0n) is 13.2. The molecule has 0 amide bonds. The first kappa shape index (κ1) is 18.2. The van der Waals surface area contributed by atoms with Crippen LogP contribution in [-0.2, 0) is 15.8 Å². The SMILES string of the molecule is CC(C)(C)[S@+]([O-])N=CCCO[Si](C)(C)C(C)(C)C. The van der Waals surface area contributed by atoms with E-state index in [0.29, 0.717) is 6.61 Å². The first-order chi connectivity index (χ1) is 7.88. The molecule has 0 aliphatic heterocycles. The molecule has 0 spiro atoms. The minimum absolute atomic E-state index is 0.234. The molecule has 108 valence electrons. The predicted octanol–water partition coefficient (Wildman–Crippen LogP) is 3.93. The van der Waals surface area contributed by atoms with Crippen molar-refractivity contribution in [3.8, 4) is 0 Å². The molecule has 18 heavy (non-hydrogen) atoms. The van der Waals surface area contributed by atoms with Gasteiger partial charge in [0.05, 0.1) is 6.21 Å². The summed E-state index contributed by atoms with van der Waals surface area (Å²) in [5.41, 5.74) is 0. The summed E-state index contributed by atoms with van der Waals surface area (Å²) in [5.74, 6) is 0. The third kappa shape index (κ3) is 6.36. The van der Waals surface area contributed by atoms with E-state index in [9.17, 15) is 4.55 Å². The van der Waals surface area contributed by atoms with Gasteiger partial charge in [0, 0.05) is 13.0 Å². The van der Waals surface area contributed by atoms with Gasteiger partial charge in [-0.1, -0.05) is 25.2 Å². The van der Waals surface area contributed by atoms with E-state index in [0.717, 1.165) is 6.42 Å². The summed E-state index contributed by atoms with van der Waals surface area (Å²) < 4.78 is 21.5. The zero-order valence-corrected chi connectivity index (χ0v) is 15.0. The van der Waals surface area contributed by atoms with Crippen molar-refractivity contribution in [2.75, 3.05) is 6.61 Å². The Morgan fingerprint density at radius 1 is 1.17 bits per heavy atom. The number of rotatable bonds is 5. The molecule has 0 rings (SSSR count). The van der Waals surface area contributed by atoms with Gasteiger partial charge in [0.25, 0.3) is 0 Å². The molecule has 0 unspecified atom stereocenters. The van der Waals surface area contributed by atoms with Crippen LogP contribution in [0, 0.1) is 0 Å². The molecule has 0 aromatic carbocycles. The Hall–Kier alpha value is 0.157. The number of nitrogens with zero attached hydrogens (tertiary/aromatic N) is 1. The molecule has 0 N–H and O–H groups in total. The Bertz CT molecular complexity index is 280. The Labute approximate surface area is 117 Å². The van der Waals surface area contributed by atoms with Crippen LogP contribution >= 0.6 is 0 Å². The largest absolute Gasteiger partial charge is 0.591 e. The van der Waals surface area contributed by atoms with Gasteiger partial charge in [0.15, 0.2) is 8.32 Å². The maximum atomic E-state index is 11.7. The molecule has 0 aromatic rings. The highest BCUT2D eigenvalue weighted by molar-refractivity contribution is 7.91. The van der Waals surface area contributed by atoms with Gasteiger partial charge in [-0.3, -0.25) is 0 Å². The van der Waals surface area contributed by atoms with E-state index in [2.05, 4.69) is 38.3 Å². The van der Waals surface area contributed by atoms with Crippen LogP contribution in [0.3, 0.4) is 0 Å². The lowest BCUT2D eigenvalue weighted by atomic mass is 10.2. The van der Waals surface area contributed by atoms with E-state index in [1.54, 1.807) is 6.21 Å². The number of hydrogen-bond acceptors (Lipinski definition) is 3. The highest BCUT2D eigenvalue weighted by atomic mass is 32.2. The van der Waals surface area contributed by atoms with E-state index in [1.807, 2.05) is 20.8 Å². The molecule has 0 saturated heterocycles. The third-order valence-electron chi connectivity index (χ3n) is 3.21. The third-order valence-corrected chi connectivity index (χ3v) is 9.14. The molecule has 3 nitrogen and oxygen atoms in total. The summed E-state index contributed by atoms with van der Waals surface area (Å²) in [6.45, 7) is 17.6. The molecule has 0 fully saturated rings. The summed E-state index contributed by atoms with van der Waals surface area (Å²) >= 11 is -1.15. The summed E-state index contributed by atoms with van der Waals surface area (Å²) in [4.78, 5) is 0. The summed E-state index contributed by atoms with van der Waals surface area (Å²) in [7, 11) is -1.66. The Morgan fingerprint density at radius 3 is 2.06 bits per heavy atom. The van der Waals surface area contributed by atoms with E-state index in [4.69, 9.17) is 4.43 Å². The molecule has 5 heteroatoms. The lowest BCUT2D eigenvalue weighted by Gasteiger charge is -2.36. The second kappa shape index (κ2) is 6.55. The van der Waals surface area contributed by atoms with E-state index < -0.39 is 19.7 Å². The molecule has 0 aliphatic rings. The lowest BCUT2D eigenvalue weighted by molar-refractivity contribution is 0.299. The minimum atomic E-state index is -1.66. The second-order valence-electron chi connectivity index (χ2n) is 7.05. The highest BCUT2D eigenvalue weighted by Crippen LogP contribution is 2.36. The average Bonchev–Trinajstić information content (AvgIpc) is 2.13. The van der Waals surface area contributed by atoms with Gasteiger partial charge in [-0.15, -0.1) is 0 Å². The van der Waals surface area contributed by atoms with Crippen LogP contribution in [-0.4, -0.2) is 30.4 Å². The van der Waals surface area contributed by atoms with Crippen LogP contribution in [0.25, 0.3) is 0 Å². The second-order valence-corrected chi connectivity index (χ2v) is 13.8. The molecule has 0 bridgehead atoms. The first-order valence-corrected chi connectivity index (χ1v) is 10.5. The smallest absolute Gasteiger partial charge is 0.191 e. The monoisotopic (exact) mass is 291 g/mol.